The molecule has 12 N–H and O–H groups in total. The minimum Gasteiger partial charge on any atom is -0.479 e. The van der Waals surface area contributed by atoms with E-state index in [9.17, 15) is 109 Å². The highest BCUT2D eigenvalue weighted by Crippen LogP contribution is 2.73. The van der Waals surface area contributed by atoms with E-state index in [2.05, 4.69) is 13.8 Å². The summed E-state index contributed by atoms with van der Waals surface area (Å²) in [7, 11) is 0. The molecule has 12 aliphatic carbocycles. The number of esters is 5. The Morgan fingerprint density at radius 2 is 0.984 bits per heavy atom. The molecule has 692 valence electrons. The maximum atomic E-state index is 17.3. The van der Waals surface area contributed by atoms with Crippen molar-refractivity contribution in [3.63, 3.8) is 0 Å². The number of carboxylic acid groups (broad SMARTS) is 2. The van der Waals surface area contributed by atoms with Crippen molar-refractivity contribution in [2.24, 2.45) is 121 Å². The van der Waals surface area contributed by atoms with Gasteiger partial charge in [-0.3, -0.25) is 33.6 Å². The summed E-state index contributed by atoms with van der Waals surface area (Å²) in [4.78, 5) is 127. The van der Waals surface area contributed by atoms with Crippen LogP contribution in [0.4, 0.5) is 8.78 Å². The molecule has 0 bridgehead atoms. The molecular formula is C89H130F2O32. The molecule has 0 amide bonds. The Labute approximate surface area is 713 Å². The number of ether oxygens (including phenoxy) is 10. The highest BCUT2D eigenvalue weighted by Gasteiger charge is 2.75. The fourth-order valence-electron chi connectivity index (χ4n) is 29.6. The van der Waals surface area contributed by atoms with Gasteiger partial charge in [0.2, 0.25) is 5.79 Å². The van der Waals surface area contributed by atoms with Crippen LogP contribution in [0.1, 0.15) is 223 Å². The molecule has 3 saturated heterocycles. The highest BCUT2D eigenvalue weighted by atomic mass is 19.1. The topological polar surface area (TPSA) is 506 Å². The summed E-state index contributed by atoms with van der Waals surface area (Å²) in [6.45, 7) is 16.5. The van der Waals surface area contributed by atoms with Crippen molar-refractivity contribution in [3.05, 3.63) is 0 Å². The van der Waals surface area contributed by atoms with Crippen LogP contribution >= 0.6 is 0 Å². The van der Waals surface area contributed by atoms with Gasteiger partial charge in [0.05, 0.1) is 12.2 Å². The molecule has 15 rings (SSSR count). The van der Waals surface area contributed by atoms with E-state index >= 15 is 8.78 Å². The number of alkyl halides is 2. The van der Waals surface area contributed by atoms with Gasteiger partial charge in [-0.05, 0) is 246 Å². The van der Waals surface area contributed by atoms with Gasteiger partial charge in [0.1, 0.15) is 86.6 Å². The van der Waals surface area contributed by atoms with Gasteiger partial charge in [0.15, 0.2) is 60.4 Å². The summed E-state index contributed by atoms with van der Waals surface area (Å²) < 4.78 is 92.5. The number of aliphatic carboxylic acids is 2. The maximum absolute atomic E-state index is 17.3. The van der Waals surface area contributed by atoms with E-state index in [1.165, 1.54) is 27.7 Å². The van der Waals surface area contributed by atoms with Crippen molar-refractivity contribution in [2.75, 3.05) is 19.8 Å². The van der Waals surface area contributed by atoms with Crippen LogP contribution in [0.5, 0.6) is 0 Å². The number of aliphatic hydroxyl groups is 10. The number of hydrogen-bond acceptors (Lipinski definition) is 30. The molecule has 11 unspecified atom stereocenters. The van der Waals surface area contributed by atoms with E-state index in [-0.39, 0.29) is 132 Å². The molecule has 32 nitrogen and oxygen atoms in total. The van der Waals surface area contributed by atoms with E-state index in [0.29, 0.717) is 82.0 Å². The van der Waals surface area contributed by atoms with Gasteiger partial charge in [-0.2, -0.15) is 0 Å². The van der Waals surface area contributed by atoms with Gasteiger partial charge in [-0.15, -0.1) is 0 Å². The lowest BCUT2D eigenvalue weighted by atomic mass is 9.43. The minimum atomic E-state index is -3.32. The Bertz CT molecular complexity index is 4000. The predicted octanol–water partition coefficient (Wildman–Crippen LogP) is 4.79. The average Bonchev–Trinajstić information content (AvgIpc) is 0.719. The fraction of sp³-hybridized carbons (Fsp3) is 0.888. The van der Waals surface area contributed by atoms with Gasteiger partial charge in [-0.1, -0.05) is 41.5 Å². The number of carbonyl (C=O) groups excluding carboxylic acids is 8. The van der Waals surface area contributed by atoms with Crippen LogP contribution in [-0.2, 0) is 95.3 Å². The monoisotopic (exact) mass is 1750 g/mol. The number of Topliss-reactive ketones (excluding diaryl/α,β-unsaturated/α-hetero) is 3. The molecule has 0 radical (unpaired) electrons. The Hall–Kier alpha value is -5.44. The molecule has 0 aromatic carbocycles. The van der Waals surface area contributed by atoms with Gasteiger partial charge < -0.3 is 109 Å². The Morgan fingerprint density at radius 3 is 1.60 bits per heavy atom. The van der Waals surface area contributed by atoms with Crippen LogP contribution in [0.2, 0.25) is 0 Å². The molecule has 123 heavy (non-hydrogen) atoms. The lowest BCUT2D eigenvalue weighted by molar-refractivity contribution is -0.449. The van der Waals surface area contributed by atoms with Crippen LogP contribution in [0.3, 0.4) is 0 Å². The zero-order chi connectivity index (χ0) is 89.6. The second-order valence-electron chi connectivity index (χ2n) is 41.4. The summed E-state index contributed by atoms with van der Waals surface area (Å²) >= 11 is 0. The third-order valence-electron chi connectivity index (χ3n) is 35.7. The molecule has 42 atom stereocenters. The Morgan fingerprint density at radius 1 is 0.431 bits per heavy atom. The SMILES string of the molecule is CC(=O)OCC(=O)[C@H]1CCC2C3C[C@@H](OC(C)=O)C4C[C@@H](O)CC[C@]4(C)C3CC[C@@]21C.CC(=O)OCC(=O)[C@H]1CC[C@H]2[C@@H]3CC[C@@H]4C[C@@H](OC5O[C@H](C(=O)O)[C@@H](O)[C@H](OC(=O)[C@H]6OC(O)[C@H](O)[C@H](O)[C@@H]6O)[C@H]5OC5([C@@]6(O)CC[C@@]7(C)C(CCC8C7C[C@H](F)[C@@]7(C)C8CC[C@@H]7C(=O)COC(C)=O)C6)O[C@H](C(=O)O)[C@@H](O)[C@H](O)[C@H]5O)CC[C@]4(C)[C@H]3[C@H](F)C[C@]12C. The summed E-state index contributed by atoms with van der Waals surface area (Å²) in [5, 5.41) is 136. The zero-order valence-corrected chi connectivity index (χ0v) is 72.0. The van der Waals surface area contributed by atoms with E-state index in [1.54, 1.807) is 6.92 Å². The van der Waals surface area contributed by atoms with Gasteiger partial charge in [0, 0.05) is 56.8 Å². The number of ketones is 3. The van der Waals surface area contributed by atoms with E-state index < -0.39 is 223 Å². The summed E-state index contributed by atoms with van der Waals surface area (Å²) in [5.74, 6) is -13.5. The van der Waals surface area contributed by atoms with Gasteiger partial charge in [0.25, 0.3) is 0 Å². The van der Waals surface area contributed by atoms with Gasteiger partial charge >= 0.3 is 41.8 Å². The Balaban J connectivity index is 0.000000332. The third kappa shape index (κ3) is 16.1. The van der Waals surface area contributed by atoms with Crippen LogP contribution in [-0.4, -0.2) is 268 Å². The second kappa shape index (κ2) is 34.8. The number of rotatable bonds is 19. The first kappa shape index (κ1) is 93.7. The molecule has 12 saturated carbocycles. The minimum absolute atomic E-state index is 0.00668. The number of hydrogen-bond donors (Lipinski definition) is 12. The maximum Gasteiger partial charge on any atom is 0.338 e. The number of aliphatic hydroxyl groups excluding tert-OH is 9. The standard InChI is InChI=1S/C64H92F2O26.C25H38O6/c1-25(67)85-23-38(69)34-13-11-32-31-10-7-27-19-29(15-16-60(27,4)41(31)37(65)22-61(32,34)5)87-58-52(48(47(76)49(90-58)54(78)79)88-57(83)51-43(72)42(71)46(75)56(82)89-51)92-64(53(77)45(74)44(73)50(91-64)55(80)81)63(84)18-17-59(3)28(21-63)8-9-30-33-12-14-35(39(70)24-86-26(2)68)62(33,6)40(66)20-36(30)59;1-14(26)30-13-22(29)20-6-5-18-17-12-23(31-15(2)27)21-11-16(28)7-9-25(21,4)19(17)8-10-24(18,20)3/h27-37,40-53,56,58,71-77,82,84H,7-24H2,1-6H3,(H,78,79)(H,80,81);16-21,23,28H,5-13H2,1-4H3/t27-,28?,29+,30?,31+,32+,33?,34-,35-,36?,37-,40+,41-,42-,43+,44+,45+,46-,47+,48+,49+,50+,51+,52-,53-,56?,58?,59+,60+,61+,62+,63-,64?;16-,17?,18?,19?,20+,21?,23+,24-,25+/m10/s1. The lowest BCUT2D eigenvalue weighted by Crippen LogP contribution is -2.78. The number of carboxylic acids is 2. The van der Waals surface area contributed by atoms with Crippen molar-refractivity contribution < 1.29 is 165 Å². The summed E-state index contributed by atoms with van der Waals surface area (Å²) in [5.41, 5.74) is -6.04. The smallest absolute Gasteiger partial charge is 0.338 e. The molecular weight excluding hydrogens is 1620 g/mol. The van der Waals surface area contributed by atoms with E-state index in [1.807, 2.05) is 20.8 Å². The summed E-state index contributed by atoms with van der Waals surface area (Å²) in [6, 6.07) is 0. The first-order valence-corrected chi connectivity index (χ1v) is 44.9. The van der Waals surface area contributed by atoms with Crippen LogP contribution in [0.25, 0.3) is 0 Å². The molecule has 15 aliphatic rings. The molecule has 34 heteroatoms. The Kier molecular flexibility index (Phi) is 26.5. The van der Waals surface area contributed by atoms with Crippen molar-refractivity contribution >= 4 is 59.1 Å². The van der Waals surface area contributed by atoms with Crippen molar-refractivity contribution in [2.45, 2.75) is 351 Å². The quantitative estimate of drug-likeness (QED) is 0.0470. The second-order valence-corrected chi connectivity index (χ2v) is 41.4. The van der Waals surface area contributed by atoms with Crippen LogP contribution in [0, 0.1) is 121 Å². The average molecular weight is 1750 g/mol. The molecule has 0 aromatic heterocycles. The largest absolute Gasteiger partial charge is 0.479 e. The first-order valence-electron chi connectivity index (χ1n) is 44.9. The molecule has 3 aliphatic heterocycles. The fourth-order valence-corrected chi connectivity index (χ4v) is 29.6. The van der Waals surface area contributed by atoms with Crippen molar-refractivity contribution in [3.8, 4) is 0 Å². The predicted molar refractivity (Wildman–Crippen MR) is 417 cm³/mol. The molecule has 15 fully saturated rings. The lowest BCUT2D eigenvalue weighted by Gasteiger charge is -2.65. The normalized spacial score (nSPS) is 50.6. The van der Waals surface area contributed by atoms with E-state index in [0.717, 1.165) is 44.9 Å². The molecule has 0 spiro atoms. The number of fused-ring (bicyclic) bond motifs is 15. The van der Waals surface area contributed by atoms with Crippen LogP contribution < -0.4 is 0 Å². The summed E-state index contributed by atoms with van der Waals surface area (Å²) in [6.07, 6.45) is -27.2. The van der Waals surface area contributed by atoms with Gasteiger partial charge in [-0.25, -0.2) is 23.2 Å². The number of halogens is 2. The molecule has 0 aromatic rings. The number of carbonyl (C=O) groups is 10. The third-order valence-corrected chi connectivity index (χ3v) is 35.7. The van der Waals surface area contributed by atoms with Crippen LogP contribution in [0.15, 0.2) is 0 Å². The highest BCUT2D eigenvalue weighted by molar-refractivity contribution is 5.87. The van der Waals surface area contributed by atoms with Crippen molar-refractivity contribution in [1.82, 2.24) is 0 Å². The molecule has 3 heterocycles. The first-order chi connectivity index (χ1) is 57.6. The zero-order valence-electron chi connectivity index (χ0n) is 72.0. The van der Waals surface area contributed by atoms with E-state index in [4.69, 9.17) is 47.4 Å². The van der Waals surface area contributed by atoms with Crippen molar-refractivity contribution in [1.29, 1.82) is 0 Å².